The van der Waals surface area contributed by atoms with Crippen molar-refractivity contribution >= 4 is 35.3 Å². The van der Waals surface area contributed by atoms with E-state index in [1.54, 1.807) is 36.4 Å². The zero-order valence-electron chi connectivity index (χ0n) is 13.3. The number of ether oxygens (including phenoxy) is 1. The van der Waals surface area contributed by atoms with Gasteiger partial charge in [0.25, 0.3) is 0 Å². The topological polar surface area (TPSA) is 100 Å². The number of para-hydroxylation sites is 1. The van der Waals surface area contributed by atoms with Crippen molar-refractivity contribution in [3.8, 4) is 11.5 Å². The fourth-order valence-corrected chi connectivity index (χ4v) is 2.08. The third-order valence-corrected chi connectivity index (χ3v) is 3.41. The number of methoxy groups -OCH3 is 1. The molecule has 0 atom stereocenters. The third kappa shape index (κ3) is 5.50. The molecule has 0 bridgehead atoms. The second-order valence-electron chi connectivity index (χ2n) is 4.93. The molecule has 0 radical (unpaired) electrons. The van der Waals surface area contributed by atoms with E-state index in [4.69, 9.17) is 16.3 Å². The highest BCUT2D eigenvalue weighted by Crippen LogP contribution is 2.25. The highest BCUT2D eigenvalue weighted by Gasteiger charge is 2.10. The second-order valence-corrected chi connectivity index (χ2v) is 5.34. The molecule has 130 valence electrons. The molecule has 2 rings (SSSR count). The van der Waals surface area contributed by atoms with Crippen LogP contribution >= 0.6 is 11.6 Å². The van der Waals surface area contributed by atoms with Crippen LogP contribution in [0, 0.1) is 0 Å². The van der Waals surface area contributed by atoms with Crippen LogP contribution in [0.5, 0.6) is 11.5 Å². The number of phenolic OH excluding ortho intramolecular Hbond substituents is 1. The molecule has 0 saturated carbocycles. The number of carbonyl (C=O) groups excluding carboxylic acids is 2. The first-order chi connectivity index (χ1) is 12.0. The molecule has 2 amide bonds. The van der Waals surface area contributed by atoms with E-state index < -0.39 is 18.2 Å². The first kappa shape index (κ1) is 18.3. The van der Waals surface area contributed by atoms with E-state index in [-0.39, 0.29) is 11.5 Å². The Labute approximate surface area is 149 Å². The smallest absolute Gasteiger partial charge is 0.249 e. The van der Waals surface area contributed by atoms with Gasteiger partial charge in [-0.05, 0) is 35.9 Å². The number of nitrogens with one attached hydrogen (secondary N) is 2. The van der Waals surface area contributed by atoms with Crippen molar-refractivity contribution in [2.45, 2.75) is 6.42 Å². The van der Waals surface area contributed by atoms with Gasteiger partial charge in [0.2, 0.25) is 11.8 Å². The molecule has 0 fully saturated rings. The molecule has 0 spiro atoms. The largest absolute Gasteiger partial charge is 0.504 e. The van der Waals surface area contributed by atoms with Crippen molar-refractivity contribution in [1.29, 1.82) is 0 Å². The number of halogens is 1. The molecule has 0 aliphatic heterocycles. The van der Waals surface area contributed by atoms with Crippen LogP contribution in [0.3, 0.4) is 0 Å². The minimum atomic E-state index is -0.577. The maximum Gasteiger partial charge on any atom is 0.249 e. The molecule has 0 aliphatic rings. The molecule has 25 heavy (non-hydrogen) atoms. The van der Waals surface area contributed by atoms with Gasteiger partial charge in [0.1, 0.15) is 6.42 Å². The number of nitrogens with zero attached hydrogens (tertiary/aromatic N) is 1. The highest BCUT2D eigenvalue weighted by molar-refractivity contribution is 6.33. The molecule has 7 nitrogen and oxygen atoms in total. The van der Waals surface area contributed by atoms with Gasteiger partial charge in [-0.3, -0.25) is 9.59 Å². The van der Waals surface area contributed by atoms with Crippen molar-refractivity contribution in [1.82, 2.24) is 5.43 Å². The molecule has 0 unspecified atom stereocenters. The van der Waals surface area contributed by atoms with Gasteiger partial charge in [0.05, 0.1) is 24.0 Å². The van der Waals surface area contributed by atoms with E-state index >= 15 is 0 Å². The van der Waals surface area contributed by atoms with Crippen LogP contribution in [0.2, 0.25) is 5.02 Å². The Morgan fingerprint density at radius 2 is 2.00 bits per heavy atom. The van der Waals surface area contributed by atoms with Crippen molar-refractivity contribution in [2.75, 3.05) is 12.4 Å². The lowest BCUT2D eigenvalue weighted by Gasteiger charge is -2.06. The zero-order chi connectivity index (χ0) is 18.2. The van der Waals surface area contributed by atoms with Crippen LogP contribution < -0.4 is 15.5 Å². The standard InChI is InChI=1S/C17H16ClN3O4/c1-25-15-8-11(6-7-14(15)22)10-19-21-17(24)9-16(23)20-13-5-3-2-4-12(13)18/h2-8,10,22H,9H2,1H3,(H,20,23)(H,21,24)/b19-10+. The number of phenols is 1. The van der Waals surface area contributed by atoms with Crippen LogP contribution in [0.1, 0.15) is 12.0 Å². The normalized spacial score (nSPS) is 10.5. The number of carbonyl (C=O) groups is 2. The summed E-state index contributed by atoms with van der Waals surface area (Å²) >= 11 is 5.93. The number of amides is 2. The predicted octanol–water partition coefficient (Wildman–Crippen LogP) is 2.53. The quantitative estimate of drug-likeness (QED) is 0.418. The number of hydrogen-bond donors (Lipinski definition) is 3. The summed E-state index contributed by atoms with van der Waals surface area (Å²) in [5, 5.41) is 16.2. The van der Waals surface area contributed by atoms with Gasteiger partial charge in [-0.1, -0.05) is 23.7 Å². The Morgan fingerprint density at radius 3 is 2.72 bits per heavy atom. The summed E-state index contributed by atoms with van der Waals surface area (Å²) in [6.07, 6.45) is 0.966. The second kappa shape index (κ2) is 8.70. The maximum absolute atomic E-state index is 11.8. The van der Waals surface area contributed by atoms with Crippen molar-refractivity contribution in [3.05, 3.63) is 53.1 Å². The predicted molar refractivity (Wildman–Crippen MR) is 95.1 cm³/mol. The molecule has 0 aliphatic carbocycles. The van der Waals surface area contributed by atoms with E-state index in [1.807, 2.05) is 0 Å². The summed E-state index contributed by atoms with van der Waals surface area (Å²) in [5.74, 6) is -0.798. The van der Waals surface area contributed by atoms with E-state index in [9.17, 15) is 14.7 Å². The van der Waals surface area contributed by atoms with Crippen molar-refractivity contribution < 1.29 is 19.4 Å². The van der Waals surface area contributed by atoms with E-state index in [1.165, 1.54) is 19.4 Å². The SMILES string of the molecule is COc1cc(/C=N/NC(=O)CC(=O)Nc2ccccc2Cl)ccc1O. The molecule has 0 saturated heterocycles. The van der Waals surface area contributed by atoms with Gasteiger partial charge < -0.3 is 15.2 Å². The molecule has 2 aromatic carbocycles. The first-order valence-corrected chi connectivity index (χ1v) is 7.60. The number of rotatable bonds is 6. The monoisotopic (exact) mass is 361 g/mol. The zero-order valence-corrected chi connectivity index (χ0v) is 14.1. The van der Waals surface area contributed by atoms with Gasteiger partial charge in [-0.25, -0.2) is 5.43 Å². The maximum atomic E-state index is 11.8. The molecule has 0 heterocycles. The molecule has 3 N–H and O–H groups in total. The summed E-state index contributed by atoms with van der Waals surface area (Å²) in [4.78, 5) is 23.5. The van der Waals surface area contributed by atoms with Crippen molar-refractivity contribution in [2.24, 2.45) is 5.10 Å². The number of benzene rings is 2. The van der Waals surface area contributed by atoms with E-state index in [2.05, 4.69) is 15.8 Å². The summed E-state index contributed by atoms with van der Waals surface area (Å²) in [5.41, 5.74) is 3.29. The molecular formula is C17H16ClN3O4. The van der Waals surface area contributed by atoms with Gasteiger partial charge in [0.15, 0.2) is 11.5 Å². The lowest BCUT2D eigenvalue weighted by Crippen LogP contribution is -2.24. The number of aromatic hydroxyl groups is 1. The van der Waals surface area contributed by atoms with E-state index in [0.717, 1.165) is 0 Å². The third-order valence-electron chi connectivity index (χ3n) is 3.08. The van der Waals surface area contributed by atoms with Crippen LogP contribution in [0.4, 0.5) is 5.69 Å². The number of anilines is 1. The average molecular weight is 362 g/mol. The molecule has 0 aromatic heterocycles. The van der Waals surface area contributed by atoms with Gasteiger partial charge in [-0.2, -0.15) is 5.10 Å². The summed E-state index contributed by atoms with van der Waals surface area (Å²) in [6, 6.07) is 11.3. The van der Waals surface area contributed by atoms with Crippen molar-refractivity contribution in [3.63, 3.8) is 0 Å². The Hall–Kier alpha value is -3.06. The van der Waals surface area contributed by atoms with Crippen LogP contribution in [0.25, 0.3) is 0 Å². The molecule has 2 aromatic rings. The summed E-state index contributed by atoms with van der Waals surface area (Å²) in [6.45, 7) is 0. The summed E-state index contributed by atoms with van der Waals surface area (Å²) < 4.78 is 4.97. The minimum absolute atomic E-state index is 0.0000654. The van der Waals surface area contributed by atoms with E-state index in [0.29, 0.717) is 16.3 Å². The highest BCUT2D eigenvalue weighted by atomic mass is 35.5. The first-order valence-electron chi connectivity index (χ1n) is 7.23. The fraction of sp³-hybridized carbons (Fsp3) is 0.118. The summed E-state index contributed by atoms with van der Waals surface area (Å²) in [7, 11) is 1.43. The number of hydrogen-bond acceptors (Lipinski definition) is 5. The lowest BCUT2D eigenvalue weighted by molar-refractivity contribution is -0.126. The molecular weight excluding hydrogens is 346 g/mol. The van der Waals surface area contributed by atoms with Crippen LogP contribution in [0.15, 0.2) is 47.6 Å². The fourth-order valence-electron chi connectivity index (χ4n) is 1.90. The Morgan fingerprint density at radius 1 is 1.24 bits per heavy atom. The Bertz CT molecular complexity index is 808. The minimum Gasteiger partial charge on any atom is -0.504 e. The Balaban J connectivity index is 1.86. The van der Waals surface area contributed by atoms with Crippen LogP contribution in [-0.4, -0.2) is 30.2 Å². The molecule has 8 heteroatoms. The van der Waals surface area contributed by atoms with Gasteiger partial charge in [0, 0.05) is 0 Å². The van der Waals surface area contributed by atoms with Gasteiger partial charge in [-0.15, -0.1) is 0 Å². The Kier molecular flexibility index (Phi) is 6.36. The average Bonchev–Trinajstić information content (AvgIpc) is 2.58. The van der Waals surface area contributed by atoms with Crippen LogP contribution in [-0.2, 0) is 9.59 Å². The van der Waals surface area contributed by atoms with Gasteiger partial charge >= 0.3 is 0 Å². The lowest BCUT2D eigenvalue weighted by atomic mass is 10.2. The number of hydrazone groups is 1.